The van der Waals surface area contributed by atoms with Crippen LogP contribution in [0.5, 0.6) is 5.75 Å². The number of aromatic nitrogens is 1. The Kier molecular flexibility index (Phi) is 6.66. The molecule has 1 heterocycles. The van der Waals surface area contributed by atoms with E-state index >= 15 is 0 Å². The van der Waals surface area contributed by atoms with Crippen molar-refractivity contribution in [2.75, 3.05) is 19.0 Å². The molecule has 18 heavy (non-hydrogen) atoms. The van der Waals surface area contributed by atoms with Crippen molar-refractivity contribution in [1.82, 2.24) is 4.98 Å². The van der Waals surface area contributed by atoms with Crippen LogP contribution in [0.4, 0.5) is 5.13 Å². The molecule has 0 saturated heterocycles. The van der Waals surface area contributed by atoms with Crippen molar-refractivity contribution in [1.29, 1.82) is 0 Å². The summed E-state index contributed by atoms with van der Waals surface area (Å²) in [4.78, 5) is 6.43. The fourth-order valence-corrected chi connectivity index (χ4v) is 2.25. The lowest BCUT2D eigenvalue weighted by Crippen LogP contribution is -2.36. The lowest BCUT2D eigenvalue weighted by Gasteiger charge is -2.09. The number of halogens is 2. The van der Waals surface area contributed by atoms with Gasteiger partial charge in [0.1, 0.15) is 11.3 Å². The summed E-state index contributed by atoms with van der Waals surface area (Å²) >= 11 is 1.60. The Hall–Kier alpha value is -0.790. The second kappa shape index (κ2) is 6.96. The van der Waals surface area contributed by atoms with Gasteiger partial charge < -0.3 is 9.64 Å². The molecule has 8 heteroatoms. The van der Waals surface area contributed by atoms with Crippen LogP contribution in [0.15, 0.2) is 18.2 Å². The summed E-state index contributed by atoms with van der Waals surface area (Å²) in [7, 11) is 3.90. The van der Waals surface area contributed by atoms with Gasteiger partial charge in [-0.05, 0) is 12.1 Å². The van der Waals surface area contributed by atoms with Crippen molar-refractivity contribution in [2.45, 2.75) is 6.35 Å². The maximum absolute atomic E-state index is 5.40. The van der Waals surface area contributed by atoms with E-state index < -0.39 is 6.35 Å². The van der Waals surface area contributed by atoms with E-state index in [0.717, 1.165) is 15.3 Å². The largest absolute Gasteiger partial charge is 0.460 e. The maximum atomic E-state index is 5.40. The number of nitrogens with two attached hydrogens (primary N) is 2. The predicted molar refractivity (Wildman–Crippen MR) is 81.2 cm³/mol. The molecule has 1 aromatic heterocycles. The first kappa shape index (κ1) is 17.2. The third kappa shape index (κ3) is 3.60. The predicted octanol–water partition coefficient (Wildman–Crippen LogP) is 1.79. The summed E-state index contributed by atoms with van der Waals surface area (Å²) in [5.41, 5.74) is 11.6. The average molecular weight is 311 g/mol. The number of anilines is 1. The third-order valence-electron chi connectivity index (χ3n) is 2.02. The molecule has 2 rings (SSSR count). The third-order valence-corrected chi connectivity index (χ3v) is 3.20. The summed E-state index contributed by atoms with van der Waals surface area (Å²) in [5, 5.41) is 0.927. The summed E-state index contributed by atoms with van der Waals surface area (Å²) in [5.74, 6) is 0.622. The van der Waals surface area contributed by atoms with Crippen molar-refractivity contribution in [2.24, 2.45) is 11.5 Å². The monoisotopic (exact) mass is 310 g/mol. The Morgan fingerprint density at radius 3 is 2.50 bits per heavy atom. The number of fused-ring (bicyclic) bond motifs is 1. The minimum atomic E-state index is -0.824. The van der Waals surface area contributed by atoms with Crippen molar-refractivity contribution in [3.8, 4) is 5.75 Å². The van der Waals surface area contributed by atoms with E-state index in [0.29, 0.717) is 5.75 Å². The molecule has 102 valence electrons. The van der Waals surface area contributed by atoms with Gasteiger partial charge in [-0.15, -0.1) is 24.8 Å². The number of para-hydroxylation sites is 1. The topological polar surface area (TPSA) is 77.4 Å². The number of nitrogens with zero attached hydrogens (tertiary/aromatic N) is 2. The van der Waals surface area contributed by atoms with Crippen LogP contribution in [0.25, 0.3) is 10.2 Å². The molecule has 0 amide bonds. The van der Waals surface area contributed by atoms with Crippen molar-refractivity contribution in [3.05, 3.63) is 18.2 Å². The number of thiazole rings is 1. The summed E-state index contributed by atoms with van der Waals surface area (Å²) < 4.78 is 6.36. The first-order valence-electron chi connectivity index (χ1n) is 4.82. The zero-order valence-corrected chi connectivity index (χ0v) is 12.4. The second-order valence-corrected chi connectivity index (χ2v) is 4.59. The highest BCUT2D eigenvalue weighted by Crippen LogP contribution is 2.33. The Morgan fingerprint density at radius 2 is 1.94 bits per heavy atom. The molecule has 0 unspecified atom stereocenters. The molecular weight excluding hydrogens is 295 g/mol. The lowest BCUT2D eigenvalue weighted by atomic mass is 10.3. The molecule has 0 fully saturated rings. The molecule has 5 nitrogen and oxygen atoms in total. The van der Waals surface area contributed by atoms with E-state index in [9.17, 15) is 0 Å². The molecule has 0 atom stereocenters. The fourth-order valence-electron chi connectivity index (χ4n) is 1.34. The average Bonchev–Trinajstić information content (AvgIpc) is 2.61. The number of benzene rings is 1. The SMILES string of the molecule is CN(C)c1nc2c(OC(N)N)cccc2s1.Cl.Cl. The van der Waals surface area contributed by atoms with E-state index in [-0.39, 0.29) is 24.8 Å². The number of hydrogen-bond acceptors (Lipinski definition) is 6. The molecule has 0 radical (unpaired) electrons. The van der Waals surface area contributed by atoms with Crippen LogP contribution in [0.1, 0.15) is 0 Å². The summed E-state index contributed by atoms with van der Waals surface area (Å²) in [6.07, 6.45) is -0.824. The van der Waals surface area contributed by atoms with Crippen LogP contribution < -0.4 is 21.1 Å². The Balaban J connectivity index is 0.00000144. The van der Waals surface area contributed by atoms with Crippen LogP contribution in [0.3, 0.4) is 0 Å². The molecule has 0 aliphatic rings. The van der Waals surface area contributed by atoms with Gasteiger partial charge >= 0.3 is 0 Å². The van der Waals surface area contributed by atoms with Gasteiger partial charge in [-0.1, -0.05) is 17.4 Å². The molecular formula is C10H16Cl2N4OS. The van der Waals surface area contributed by atoms with Crippen LogP contribution in [-0.2, 0) is 0 Å². The van der Waals surface area contributed by atoms with Crippen LogP contribution >= 0.6 is 36.2 Å². The molecule has 2 aromatic rings. The number of hydrogen-bond donors (Lipinski definition) is 2. The van der Waals surface area contributed by atoms with Gasteiger partial charge in [-0.3, -0.25) is 11.5 Å². The summed E-state index contributed by atoms with van der Waals surface area (Å²) in [6, 6.07) is 5.71. The number of rotatable bonds is 3. The van der Waals surface area contributed by atoms with E-state index in [1.54, 1.807) is 11.3 Å². The summed E-state index contributed by atoms with van der Waals surface area (Å²) in [6.45, 7) is 0. The van der Waals surface area contributed by atoms with Gasteiger partial charge in [-0.25, -0.2) is 4.98 Å². The van der Waals surface area contributed by atoms with Gasteiger partial charge in [0.2, 0.25) is 6.35 Å². The molecule has 0 spiro atoms. The van der Waals surface area contributed by atoms with Crippen LogP contribution in [0, 0.1) is 0 Å². The molecule has 1 aromatic carbocycles. The zero-order chi connectivity index (χ0) is 11.7. The normalized spacial score (nSPS) is 9.83. The highest BCUT2D eigenvalue weighted by Gasteiger charge is 2.10. The van der Waals surface area contributed by atoms with E-state index in [1.165, 1.54) is 0 Å². The zero-order valence-electron chi connectivity index (χ0n) is 9.99. The molecule has 0 aliphatic heterocycles. The van der Waals surface area contributed by atoms with Crippen molar-refractivity contribution in [3.63, 3.8) is 0 Å². The molecule has 0 saturated carbocycles. The highest BCUT2D eigenvalue weighted by molar-refractivity contribution is 7.22. The van der Waals surface area contributed by atoms with Gasteiger partial charge in [0.25, 0.3) is 0 Å². The first-order valence-corrected chi connectivity index (χ1v) is 5.64. The van der Waals surface area contributed by atoms with E-state index in [1.807, 2.05) is 37.2 Å². The van der Waals surface area contributed by atoms with Crippen molar-refractivity contribution >= 4 is 51.5 Å². The van der Waals surface area contributed by atoms with Gasteiger partial charge in [0.05, 0.1) is 4.70 Å². The van der Waals surface area contributed by atoms with E-state index in [2.05, 4.69) is 4.98 Å². The first-order chi connectivity index (χ1) is 7.58. The van der Waals surface area contributed by atoms with Gasteiger partial charge in [0.15, 0.2) is 5.13 Å². The quantitative estimate of drug-likeness (QED) is 0.845. The highest BCUT2D eigenvalue weighted by atomic mass is 35.5. The van der Waals surface area contributed by atoms with Gasteiger partial charge in [0, 0.05) is 14.1 Å². The van der Waals surface area contributed by atoms with Crippen molar-refractivity contribution < 1.29 is 4.74 Å². The minimum absolute atomic E-state index is 0. The minimum Gasteiger partial charge on any atom is -0.460 e. The standard InChI is InChI=1S/C10H14N4OS.2ClH/c1-14(2)10-13-8-6(15-9(11)12)4-3-5-7(8)16-10;;/h3-5,9H,11-12H2,1-2H3;2*1H. The van der Waals surface area contributed by atoms with Crippen LogP contribution in [-0.4, -0.2) is 25.4 Å². The van der Waals surface area contributed by atoms with E-state index in [4.69, 9.17) is 16.2 Å². The molecule has 4 N–H and O–H groups in total. The maximum Gasteiger partial charge on any atom is 0.202 e. The smallest absolute Gasteiger partial charge is 0.202 e. The molecule has 0 bridgehead atoms. The Labute approximate surface area is 122 Å². The Bertz CT molecular complexity index is 504. The van der Waals surface area contributed by atoms with Crippen LogP contribution in [0.2, 0.25) is 0 Å². The van der Waals surface area contributed by atoms with Gasteiger partial charge in [-0.2, -0.15) is 0 Å². The fraction of sp³-hybridized carbons (Fsp3) is 0.300. The Morgan fingerprint density at radius 1 is 1.28 bits per heavy atom. The number of ether oxygens (including phenoxy) is 1. The second-order valence-electron chi connectivity index (χ2n) is 3.58. The molecule has 0 aliphatic carbocycles. The lowest BCUT2D eigenvalue weighted by molar-refractivity contribution is 0.220.